The van der Waals surface area contributed by atoms with Gasteiger partial charge in [0.1, 0.15) is 12.2 Å². The quantitative estimate of drug-likeness (QED) is 0.141. The number of hydrogen-bond donors (Lipinski definition) is 1. The minimum absolute atomic E-state index is 0.108. The van der Waals surface area contributed by atoms with E-state index in [4.69, 9.17) is 14.2 Å². The standard InChI is InChI=1S/C38H33NO5/c1-42-36(40)35(39-37(41)43-25-34-32-23-13-11-21-30(32)31-22-12-14-24-33(31)34)26-44-38(27-15-5-2-6-16-27,28-17-7-3-8-18-28)29-19-9-4-10-20-29/h2-24,34-35H,25-26H2,1H3,(H,39,41)/t35-/m0/s1. The van der Waals surface area contributed by atoms with Crippen LogP contribution in [0.3, 0.4) is 0 Å². The first-order valence-corrected chi connectivity index (χ1v) is 14.6. The highest BCUT2D eigenvalue weighted by atomic mass is 16.6. The van der Waals surface area contributed by atoms with Gasteiger partial charge in [-0.25, -0.2) is 9.59 Å². The summed E-state index contributed by atoms with van der Waals surface area (Å²) in [6, 6.07) is 44.6. The van der Waals surface area contributed by atoms with Crippen molar-refractivity contribution in [1.82, 2.24) is 5.32 Å². The Hall–Kier alpha value is -5.20. The fourth-order valence-corrected chi connectivity index (χ4v) is 6.07. The summed E-state index contributed by atoms with van der Waals surface area (Å²) in [6.07, 6.45) is -0.726. The highest BCUT2D eigenvalue weighted by Gasteiger charge is 2.39. The molecule has 0 aromatic heterocycles. The number of carbonyl (C=O) groups excluding carboxylic acids is 2. The molecule has 0 bridgehead atoms. The molecule has 1 amide bonds. The largest absolute Gasteiger partial charge is 0.467 e. The Morgan fingerprint density at radius 1 is 0.659 bits per heavy atom. The van der Waals surface area contributed by atoms with Gasteiger partial charge in [-0.1, -0.05) is 140 Å². The van der Waals surface area contributed by atoms with Gasteiger partial charge in [-0.2, -0.15) is 0 Å². The molecule has 5 aromatic carbocycles. The fourth-order valence-electron chi connectivity index (χ4n) is 6.07. The molecule has 220 valence electrons. The average Bonchev–Trinajstić information content (AvgIpc) is 3.41. The molecule has 6 heteroatoms. The normalized spacial score (nSPS) is 12.9. The molecule has 0 aliphatic heterocycles. The predicted octanol–water partition coefficient (Wildman–Crippen LogP) is 7.08. The van der Waals surface area contributed by atoms with Crippen molar-refractivity contribution in [2.24, 2.45) is 0 Å². The summed E-state index contributed by atoms with van der Waals surface area (Å²) in [5.41, 5.74) is 6.04. The van der Waals surface area contributed by atoms with Crippen LogP contribution in [0, 0.1) is 0 Å². The van der Waals surface area contributed by atoms with E-state index in [2.05, 4.69) is 29.6 Å². The molecule has 1 atom stereocenters. The number of ether oxygens (including phenoxy) is 3. The van der Waals surface area contributed by atoms with E-state index in [0.717, 1.165) is 38.9 Å². The average molecular weight is 584 g/mol. The number of fused-ring (bicyclic) bond motifs is 3. The van der Waals surface area contributed by atoms with Gasteiger partial charge in [-0.3, -0.25) is 0 Å². The maximum atomic E-state index is 13.2. The number of hydrogen-bond acceptors (Lipinski definition) is 5. The second-order valence-electron chi connectivity index (χ2n) is 10.6. The van der Waals surface area contributed by atoms with Crippen LogP contribution in [-0.4, -0.2) is 38.4 Å². The molecule has 0 spiro atoms. The zero-order chi connectivity index (χ0) is 30.4. The lowest BCUT2D eigenvalue weighted by Gasteiger charge is -2.36. The number of nitrogens with one attached hydrogen (secondary N) is 1. The molecule has 5 aromatic rings. The van der Waals surface area contributed by atoms with Crippen LogP contribution in [0.25, 0.3) is 11.1 Å². The zero-order valence-corrected chi connectivity index (χ0v) is 24.4. The van der Waals surface area contributed by atoms with E-state index in [9.17, 15) is 9.59 Å². The van der Waals surface area contributed by atoms with Gasteiger partial charge >= 0.3 is 12.1 Å². The van der Waals surface area contributed by atoms with Crippen LogP contribution in [0.5, 0.6) is 0 Å². The van der Waals surface area contributed by atoms with E-state index in [1.807, 2.05) is 115 Å². The van der Waals surface area contributed by atoms with E-state index in [1.165, 1.54) is 7.11 Å². The lowest BCUT2D eigenvalue weighted by molar-refractivity contribution is -0.146. The van der Waals surface area contributed by atoms with Crippen LogP contribution >= 0.6 is 0 Å². The SMILES string of the molecule is COC(=O)[C@H](COC(c1ccccc1)(c1ccccc1)c1ccccc1)NC(=O)OCC1c2ccccc2-c2ccccc21. The summed E-state index contributed by atoms with van der Waals surface area (Å²) in [6.45, 7) is -0.0495. The van der Waals surface area contributed by atoms with Gasteiger partial charge in [-0.05, 0) is 38.9 Å². The van der Waals surface area contributed by atoms with E-state index >= 15 is 0 Å². The van der Waals surface area contributed by atoms with E-state index < -0.39 is 23.7 Å². The topological polar surface area (TPSA) is 73.9 Å². The molecule has 0 fully saturated rings. The molecule has 44 heavy (non-hydrogen) atoms. The van der Waals surface area contributed by atoms with Gasteiger partial charge in [0.25, 0.3) is 0 Å². The van der Waals surface area contributed by atoms with E-state index in [0.29, 0.717) is 0 Å². The van der Waals surface area contributed by atoms with Gasteiger partial charge in [-0.15, -0.1) is 0 Å². The molecular weight excluding hydrogens is 550 g/mol. The minimum atomic E-state index is -1.12. The van der Waals surface area contributed by atoms with Crippen molar-refractivity contribution in [3.63, 3.8) is 0 Å². The molecule has 0 radical (unpaired) electrons. The third-order valence-corrected chi connectivity index (χ3v) is 8.13. The first-order valence-electron chi connectivity index (χ1n) is 14.6. The number of methoxy groups -OCH3 is 1. The second-order valence-corrected chi connectivity index (χ2v) is 10.6. The van der Waals surface area contributed by atoms with Gasteiger partial charge in [0, 0.05) is 5.92 Å². The van der Waals surface area contributed by atoms with Crippen LogP contribution < -0.4 is 5.32 Å². The monoisotopic (exact) mass is 583 g/mol. The highest BCUT2D eigenvalue weighted by molar-refractivity contribution is 5.82. The van der Waals surface area contributed by atoms with E-state index in [-0.39, 0.29) is 19.1 Å². The molecule has 0 saturated heterocycles. The van der Waals surface area contributed by atoms with Crippen molar-refractivity contribution in [2.75, 3.05) is 20.3 Å². The summed E-state index contributed by atoms with van der Waals surface area (Å²) in [5.74, 6) is -0.746. The molecule has 1 N–H and O–H groups in total. The third kappa shape index (κ3) is 5.60. The van der Waals surface area contributed by atoms with Crippen LogP contribution in [0.4, 0.5) is 4.79 Å². The lowest BCUT2D eigenvalue weighted by atomic mass is 9.80. The van der Waals surface area contributed by atoms with Crippen LogP contribution in [0.1, 0.15) is 33.7 Å². The van der Waals surface area contributed by atoms with E-state index in [1.54, 1.807) is 0 Å². The first kappa shape index (κ1) is 28.9. The van der Waals surface area contributed by atoms with Crippen molar-refractivity contribution in [2.45, 2.75) is 17.6 Å². The Bertz CT molecular complexity index is 1580. The fraction of sp³-hybridized carbons (Fsp3) is 0.158. The molecular formula is C38H33NO5. The number of alkyl carbamates (subject to hydrolysis) is 1. The number of esters is 1. The van der Waals surface area contributed by atoms with Crippen LogP contribution in [0.2, 0.25) is 0 Å². The number of rotatable bonds is 10. The first-order chi connectivity index (χ1) is 21.6. The number of benzene rings is 5. The number of carbonyl (C=O) groups is 2. The molecule has 1 aliphatic carbocycles. The highest BCUT2D eigenvalue weighted by Crippen LogP contribution is 2.44. The summed E-state index contributed by atoms with van der Waals surface area (Å²) in [5, 5.41) is 2.71. The third-order valence-electron chi connectivity index (χ3n) is 8.13. The zero-order valence-electron chi connectivity index (χ0n) is 24.4. The summed E-state index contributed by atoms with van der Waals surface area (Å²) in [7, 11) is 1.29. The number of amides is 1. The lowest BCUT2D eigenvalue weighted by Crippen LogP contribution is -2.47. The van der Waals surface area contributed by atoms with Crippen molar-refractivity contribution < 1.29 is 23.8 Å². The second kappa shape index (κ2) is 13.0. The van der Waals surface area contributed by atoms with Crippen molar-refractivity contribution >= 4 is 12.1 Å². The summed E-state index contributed by atoms with van der Waals surface area (Å²) < 4.78 is 17.6. The molecule has 0 saturated carbocycles. The van der Waals surface area contributed by atoms with Crippen molar-refractivity contribution in [1.29, 1.82) is 0 Å². The molecule has 6 rings (SSSR count). The van der Waals surface area contributed by atoms with Crippen LogP contribution in [0.15, 0.2) is 140 Å². The molecule has 1 aliphatic rings. The Labute approximate surface area is 257 Å². The Balaban J connectivity index is 1.25. The van der Waals surface area contributed by atoms with Gasteiger partial charge < -0.3 is 19.5 Å². The van der Waals surface area contributed by atoms with Gasteiger partial charge in [0.05, 0.1) is 13.7 Å². The molecule has 6 nitrogen and oxygen atoms in total. The summed E-state index contributed by atoms with van der Waals surface area (Å²) >= 11 is 0. The summed E-state index contributed by atoms with van der Waals surface area (Å²) in [4.78, 5) is 26.2. The van der Waals surface area contributed by atoms with Crippen molar-refractivity contribution in [3.8, 4) is 11.1 Å². The van der Waals surface area contributed by atoms with Gasteiger partial charge in [0.15, 0.2) is 6.04 Å². The Morgan fingerprint density at radius 2 is 1.09 bits per heavy atom. The Morgan fingerprint density at radius 3 is 1.55 bits per heavy atom. The van der Waals surface area contributed by atoms with Crippen LogP contribution in [-0.2, 0) is 24.6 Å². The van der Waals surface area contributed by atoms with Gasteiger partial charge in [0.2, 0.25) is 0 Å². The maximum Gasteiger partial charge on any atom is 0.407 e. The smallest absolute Gasteiger partial charge is 0.407 e. The Kier molecular flexibility index (Phi) is 8.52. The van der Waals surface area contributed by atoms with Crippen molar-refractivity contribution in [3.05, 3.63) is 167 Å². The maximum absolute atomic E-state index is 13.2. The molecule has 0 heterocycles. The molecule has 0 unspecified atom stereocenters. The minimum Gasteiger partial charge on any atom is -0.467 e. The predicted molar refractivity (Wildman–Crippen MR) is 169 cm³/mol.